The Balaban J connectivity index is 2.16. The highest BCUT2D eigenvalue weighted by Gasteiger charge is 2.10. The summed E-state index contributed by atoms with van der Waals surface area (Å²) in [5.41, 5.74) is 9.09. The van der Waals surface area contributed by atoms with Gasteiger partial charge in [0, 0.05) is 7.05 Å². The predicted octanol–water partition coefficient (Wildman–Crippen LogP) is 2.80. The molecule has 3 aromatic rings. The van der Waals surface area contributed by atoms with Gasteiger partial charge in [0.1, 0.15) is 0 Å². The normalized spacial score (nSPS) is 11.2. The van der Waals surface area contributed by atoms with Crippen molar-refractivity contribution in [3.05, 3.63) is 41.3 Å². The third-order valence-electron chi connectivity index (χ3n) is 3.12. The van der Waals surface area contributed by atoms with Crippen LogP contribution in [0.3, 0.4) is 0 Å². The van der Waals surface area contributed by atoms with E-state index < -0.39 is 0 Å². The minimum atomic E-state index is 0.682. The minimum absolute atomic E-state index is 0.682. The molecule has 0 saturated carbocycles. The Morgan fingerprint density at radius 2 is 2.22 bits per heavy atom. The van der Waals surface area contributed by atoms with Crippen molar-refractivity contribution in [1.82, 2.24) is 9.55 Å². The third-order valence-corrected chi connectivity index (χ3v) is 3.99. The van der Waals surface area contributed by atoms with Crippen LogP contribution in [0.25, 0.3) is 21.7 Å². The van der Waals surface area contributed by atoms with Crippen LogP contribution in [-0.4, -0.2) is 16.1 Å². The highest BCUT2D eigenvalue weighted by molar-refractivity contribution is 7.13. The van der Waals surface area contributed by atoms with Crippen LogP contribution in [0, 0.1) is 0 Å². The number of aryl methyl sites for hydroxylation is 1. The van der Waals surface area contributed by atoms with E-state index in [-0.39, 0.29) is 0 Å². The molecule has 3 rings (SSSR count). The molecule has 0 radical (unpaired) electrons. The summed E-state index contributed by atoms with van der Waals surface area (Å²) in [5, 5.41) is 2.08. The van der Waals surface area contributed by atoms with E-state index in [0.717, 1.165) is 17.8 Å². The fourth-order valence-electron chi connectivity index (χ4n) is 2.18. The molecule has 0 atom stereocenters. The number of benzene rings is 1. The van der Waals surface area contributed by atoms with Gasteiger partial charge in [-0.3, -0.25) is 0 Å². The summed E-state index contributed by atoms with van der Waals surface area (Å²) in [5.74, 6) is 1.03. The van der Waals surface area contributed by atoms with E-state index >= 15 is 0 Å². The van der Waals surface area contributed by atoms with Crippen molar-refractivity contribution in [3.63, 3.8) is 0 Å². The molecule has 3 nitrogen and oxygen atoms in total. The van der Waals surface area contributed by atoms with Crippen molar-refractivity contribution in [2.24, 2.45) is 12.8 Å². The first-order valence-electron chi connectivity index (χ1n) is 5.99. The number of thiophene rings is 1. The largest absolute Gasteiger partial charge is 0.330 e. The summed E-state index contributed by atoms with van der Waals surface area (Å²) in [7, 11) is 2.07. The van der Waals surface area contributed by atoms with Gasteiger partial charge < -0.3 is 10.3 Å². The maximum absolute atomic E-state index is 5.60. The van der Waals surface area contributed by atoms with Gasteiger partial charge >= 0.3 is 0 Å². The van der Waals surface area contributed by atoms with Gasteiger partial charge in [-0.25, -0.2) is 4.98 Å². The lowest BCUT2D eigenvalue weighted by Gasteiger charge is -2.01. The van der Waals surface area contributed by atoms with Crippen LogP contribution < -0.4 is 5.73 Å². The van der Waals surface area contributed by atoms with Crippen LogP contribution in [0.15, 0.2) is 35.7 Å². The minimum Gasteiger partial charge on any atom is -0.330 e. The van der Waals surface area contributed by atoms with Crippen molar-refractivity contribution in [2.75, 3.05) is 6.54 Å². The Labute approximate surface area is 110 Å². The summed E-state index contributed by atoms with van der Waals surface area (Å²) in [6, 6.07) is 10.5. The van der Waals surface area contributed by atoms with Crippen molar-refractivity contribution < 1.29 is 0 Å². The first-order chi connectivity index (χ1) is 8.79. The van der Waals surface area contributed by atoms with Gasteiger partial charge in [-0.2, -0.15) is 0 Å². The van der Waals surface area contributed by atoms with E-state index in [9.17, 15) is 0 Å². The lowest BCUT2D eigenvalue weighted by Crippen LogP contribution is -2.02. The monoisotopic (exact) mass is 257 g/mol. The van der Waals surface area contributed by atoms with E-state index in [1.807, 2.05) is 0 Å². The molecule has 1 aromatic carbocycles. The van der Waals surface area contributed by atoms with Gasteiger partial charge in [0.15, 0.2) is 5.82 Å². The van der Waals surface area contributed by atoms with E-state index in [1.54, 1.807) is 11.3 Å². The maximum Gasteiger partial charge on any atom is 0.150 e. The maximum atomic E-state index is 5.60. The van der Waals surface area contributed by atoms with Crippen LogP contribution in [0.1, 0.15) is 5.56 Å². The van der Waals surface area contributed by atoms with Gasteiger partial charge in [-0.1, -0.05) is 12.1 Å². The molecule has 4 heteroatoms. The molecule has 0 amide bonds. The Morgan fingerprint density at radius 1 is 1.33 bits per heavy atom. The zero-order valence-electron chi connectivity index (χ0n) is 10.3. The van der Waals surface area contributed by atoms with Crippen LogP contribution in [0.2, 0.25) is 0 Å². The van der Waals surface area contributed by atoms with Gasteiger partial charge in [-0.15, -0.1) is 11.3 Å². The van der Waals surface area contributed by atoms with E-state index in [2.05, 4.69) is 47.3 Å². The van der Waals surface area contributed by atoms with E-state index in [1.165, 1.54) is 16.0 Å². The Hall–Kier alpha value is -1.65. The van der Waals surface area contributed by atoms with Gasteiger partial charge in [0.2, 0.25) is 0 Å². The molecular formula is C14H15N3S. The first kappa shape index (κ1) is 11.4. The van der Waals surface area contributed by atoms with Crippen molar-refractivity contribution in [1.29, 1.82) is 0 Å². The smallest absolute Gasteiger partial charge is 0.150 e. The highest BCUT2D eigenvalue weighted by Crippen LogP contribution is 2.27. The number of nitrogens with zero attached hydrogens (tertiary/aromatic N) is 2. The molecule has 0 unspecified atom stereocenters. The molecule has 0 fully saturated rings. The topological polar surface area (TPSA) is 43.8 Å². The van der Waals surface area contributed by atoms with Crippen LogP contribution in [0.5, 0.6) is 0 Å². The summed E-state index contributed by atoms with van der Waals surface area (Å²) in [6.45, 7) is 0.682. The Kier molecular flexibility index (Phi) is 2.89. The molecule has 0 spiro atoms. The zero-order valence-corrected chi connectivity index (χ0v) is 11.1. The highest BCUT2D eigenvalue weighted by atomic mass is 32.1. The number of rotatable bonds is 3. The number of aromatic nitrogens is 2. The van der Waals surface area contributed by atoms with Gasteiger partial charge in [-0.05, 0) is 42.1 Å². The van der Waals surface area contributed by atoms with Crippen LogP contribution in [-0.2, 0) is 13.5 Å². The first-order valence-corrected chi connectivity index (χ1v) is 6.87. The van der Waals surface area contributed by atoms with Crippen molar-refractivity contribution >= 4 is 22.4 Å². The van der Waals surface area contributed by atoms with Crippen LogP contribution >= 0.6 is 11.3 Å². The summed E-state index contributed by atoms with van der Waals surface area (Å²) in [4.78, 5) is 5.90. The second-order valence-corrected chi connectivity index (χ2v) is 5.28. The molecule has 18 heavy (non-hydrogen) atoms. The van der Waals surface area contributed by atoms with Gasteiger partial charge in [0.05, 0.1) is 15.9 Å². The molecule has 0 aliphatic rings. The molecular weight excluding hydrogens is 242 g/mol. The van der Waals surface area contributed by atoms with Crippen molar-refractivity contribution in [2.45, 2.75) is 6.42 Å². The SMILES string of the molecule is Cn1c(-c2cccs2)nc2ccc(CCN)cc21. The molecule has 2 heterocycles. The standard InChI is InChI=1S/C14H15N3S/c1-17-12-9-10(6-7-15)4-5-11(12)16-14(17)13-3-2-8-18-13/h2-5,8-9H,6-7,15H2,1H3. The molecule has 0 aliphatic heterocycles. The van der Waals surface area contributed by atoms with E-state index in [0.29, 0.717) is 6.54 Å². The molecule has 2 aromatic heterocycles. The molecule has 92 valence electrons. The predicted molar refractivity (Wildman–Crippen MR) is 76.8 cm³/mol. The fraction of sp³-hybridized carbons (Fsp3) is 0.214. The summed E-state index contributed by atoms with van der Waals surface area (Å²) < 4.78 is 2.15. The lowest BCUT2D eigenvalue weighted by molar-refractivity contribution is 0.950. The second-order valence-electron chi connectivity index (χ2n) is 4.33. The number of fused-ring (bicyclic) bond motifs is 1. The molecule has 0 saturated heterocycles. The van der Waals surface area contributed by atoms with Gasteiger partial charge in [0.25, 0.3) is 0 Å². The molecule has 0 aliphatic carbocycles. The quantitative estimate of drug-likeness (QED) is 0.784. The Morgan fingerprint density at radius 3 is 2.94 bits per heavy atom. The summed E-state index contributed by atoms with van der Waals surface area (Å²) in [6.07, 6.45) is 0.912. The fourth-order valence-corrected chi connectivity index (χ4v) is 2.93. The number of hydrogen-bond acceptors (Lipinski definition) is 3. The second kappa shape index (κ2) is 4.55. The zero-order chi connectivity index (χ0) is 12.5. The van der Waals surface area contributed by atoms with E-state index in [4.69, 9.17) is 10.7 Å². The number of imidazole rings is 1. The van der Waals surface area contributed by atoms with Crippen LogP contribution in [0.4, 0.5) is 0 Å². The third kappa shape index (κ3) is 1.83. The molecule has 0 bridgehead atoms. The number of hydrogen-bond donors (Lipinski definition) is 1. The Bertz CT molecular complexity index is 668. The average Bonchev–Trinajstić information content (AvgIpc) is 2.99. The van der Waals surface area contributed by atoms with Crippen molar-refractivity contribution in [3.8, 4) is 10.7 Å². The summed E-state index contributed by atoms with van der Waals surface area (Å²) >= 11 is 1.72. The number of nitrogens with two attached hydrogens (primary N) is 1. The lowest BCUT2D eigenvalue weighted by atomic mass is 10.1. The molecule has 2 N–H and O–H groups in total. The average molecular weight is 257 g/mol.